The van der Waals surface area contributed by atoms with Crippen LogP contribution in [0, 0.1) is 11.3 Å². The van der Waals surface area contributed by atoms with Crippen LogP contribution >= 0.6 is 0 Å². The maximum atomic E-state index is 12.3. The molecule has 6 heteroatoms. The second-order valence-electron chi connectivity index (χ2n) is 2.97. The van der Waals surface area contributed by atoms with Crippen LogP contribution < -0.4 is 5.73 Å². The molecule has 0 aliphatic rings. The van der Waals surface area contributed by atoms with Crippen molar-refractivity contribution in [1.29, 1.82) is 5.26 Å². The second kappa shape index (κ2) is 4.28. The van der Waals surface area contributed by atoms with Crippen LogP contribution in [0.15, 0.2) is 18.5 Å². The molecule has 0 amide bonds. The summed E-state index contributed by atoms with van der Waals surface area (Å²) in [7, 11) is 0. The van der Waals surface area contributed by atoms with E-state index in [9.17, 15) is 13.2 Å². The summed E-state index contributed by atoms with van der Waals surface area (Å²) < 4.78 is 36.8. The lowest BCUT2D eigenvalue weighted by Gasteiger charge is -2.10. The molecular formula is C9H8F3N3. The summed E-state index contributed by atoms with van der Waals surface area (Å²) in [5.74, 6) is 0. The van der Waals surface area contributed by atoms with Crippen LogP contribution in [0.1, 0.15) is 23.6 Å². The first-order chi connectivity index (χ1) is 6.95. The predicted molar refractivity (Wildman–Crippen MR) is 46.4 cm³/mol. The molecule has 1 unspecified atom stereocenters. The maximum absolute atomic E-state index is 12.3. The minimum atomic E-state index is -4.44. The average molecular weight is 215 g/mol. The van der Waals surface area contributed by atoms with Gasteiger partial charge in [0.25, 0.3) is 0 Å². The summed E-state index contributed by atoms with van der Waals surface area (Å²) in [4.78, 5) is 3.45. The summed E-state index contributed by atoms with van der Waals surface area (Å²) in [5.41, 5.74) is 4.85. The van der Waals surface area contributed by atoms with Gasteiger partial charge in [-0.3, -0.25) is 4.98 Å². The van der Waals surface area contributed by atoms with E-state index < -0.39 is 17.8 Å². The average Bonchev–Trinajstić information content (AvgIpc) is 2.17. The zero-order chi connectivity index (χ0) is 11.5. The molecule has 1 aromatic rings. The number of hydrogen-bond donors (Lipinski definition) is 1. The van der Waals surface area contributed by atoms with Crippen LogP contribution in [0.4, 0.5) is 13.2 Å². The number of halogens is 3. The van der Waals surface area contributed by atoms with Crippen molar-refractivity contribution in [3.05, 3.63) is 29.6 Å². The van der Waals surface area contributed by atoms with Gasteiger partial charge in [0.05, 0.1) is 18.1 Å². The molecular weight excluding hydrogens is 207 g/mol. The summed E-state index contributed by atoms with van der Waals surface area (Å²) in [6.07, 6.45) is -2.52. The minimum Gasteiger partial charge on any atom is -0.323 e. The Morgan fingerprint density at radius 1 is 1.47 bits per heavy atom. The SMILES string of the molecule is N#CCC(N)c1cncc(C(F)(F)F)c1. The molecule has 0 saturated heterocycles. The van der Waals surface area contributed by atoms with Crippen LogP contribution in [0.2, 0.25) is 0 Å². The lowest BCUT2D eigenvalue weighted by molar-refractivity contribution is -0.137. The van der Waals surface area contributed by atoms with Gasteiger partial charge in [-0.25, -0.2) is 0 Å². The van der Waals surface area contributed by atoms with Crippen LogP contribution in [0.5, 0.6) is 0 Å². The fraction of sp³-hybridized carbons (Fsp3) is 0.333. The number of alkyl halides is 3. The molecule has 1 atom stereocenters. The molecule has 0 aromatic carbocycles. The van der Waals surface area contributed by atoms with Crippen molar-refractivity contribution in [2.45, 2.75) is 18.6 Å². The largest absolute Gasteiger partial charge is 0.417 e. The van der Waals surface area contributed by atoms with Crippen molar-refractivity contribution in [3.8, 4) is 6.07 Å². The van der Waals surface area contributed by atoms with E-state index in [2.05, 4.69) is 4.98 Å². The Hall–Kier alpha value is -1.61. The van der Waals surface area contributed by atoms with E-state index in [1.807, 2.05) is 0 Å². The minimum absolute atomic E-state index is 0.0387. The first kappa shape index (κ1) is 11.5. The summed E-state index contributed by atoms with van der Waals surface area (Å²) >= 11 is 0. The smallest absolute Gasteiger partial charge is 0.323 e. The molecule has 3 nitrogen and oxygen atoms in total. The van der Waals surface area contributed by atoms with Crippen molar-refractivity contribution in [3.63, 3.8) is 0 Å². The topological polar surface area (TPSA) is 62.7 Å². The lowest BCUT2D eigenvalue weighted by Crippen LogP contribution is -2.12. The van der Waals surface area contributed by atoms with Gasteiger partial charge in [0.15, 0.2) is 0 Å². The quantitative estimate of drug-likeness (QED) is 0.820. The molecule has 0 aliphatic carbocycles. The molecule has 2 N–H and O–H groups in total. The first-order valence-corrected chi connectivity index (χ1v) is 4.10. The van der Waals surface area contributed by atoms with Crippen molar-refractivity contribution in [2.24, 2.45) is 5.73 Å². The first-order valence-electron chi connectivity index (χ1n) is 4.10. The predicted octanol–water partition coefficient (Wildman–Crippen LogP) is 2.01. The highest BCUT2D eigenvalue weighted by molar-refractivity contribution is 5.23. The Kier molecular flexibility index (Phi) is 3.27. The van der Waals surface area contributed by atoms with Gasteiger partial charge in [0.2, 0.25) is 0 Å². The molecule has 0 radical (unpaired) electrons. The number of pyridine rings is 1. The van der Waals surface area contributed by atoms with E-state index in [0.717, 1.165) is 12.3 Å². The van der Waals surface area contributed by atoms with E-state index in [-0.39, 0.29) is 12.0 Å². The van der Waals surface area contributed by atoms with E-state index in [1.54, 1.807) is 6.07 Å². The number of aromatic nitrogens is 1. The summed E-state index contributed by atoms with van der Waals surface area (Å²) in [5, 5.41) is 8.35. The van der Waals surface area contributed by atoms with Crippen molar-refractivity contribution >= 4 is 0 Å². The Morgan fingerprint density at radius 2 is 2.13 bits per heavy atom. The van der Waals surface area contributed by atoms with E-state index in [4.69, 9.17) is 11.0 Å². The highest BCUT2D eigenvalue weighted by Crippen LogP contribution is 2.29. The van der Waals surface area contributed by atoms with Crippen LogP contribution in [-0.4, -0.2) is 4.98 Å². The van der Waals surface area contributed by atoms with E-state index in [1.165, 1.54) is 6.20 Å². The van der Waals surface area contributed by atoms with Gasteiger partial charge >= 0.3 is 6.18 Å². The summed E-state index contributed by atoms with van der Waals surface area (Å²) in [6, 6.07) is 1.97. The molecule has 0 saturated carbocycles. The third kappa shape index (κ3) is 2.92. The zero-order valence-electron chi connectivity index (χ0n) is 7.62. The van der Waals surface area contributed by atoms with E-state index in [0.29, 0.717) is 0 Å². The molecule has 15 heavy (non-hydrogen) atoms. The zero-order valence-corrected chi connectivity index (χ0v) is 7.62. The molecule has 1 heterocycles. The normalized spacial score (nSPS) is 13.3. The van der Waals surface area contributed by atoms with Gasteiger partial charge in [-0.1, -0.05) is 0 Å². The molecule has 0 aliphatic heterocycles. The fourth-order valence-electron chi connectivity index (χ4n) is 1.03. The highest BCUT2D eigenvalue weighted by atomic mass is 19.4. The van der Waals surface area contributed by atoms with Crippen molar-refractivity contribution < 1.29 is 13.2 Å². The Balaban J connectivity index is 2.99. The van der Waals surface area contributed by atoms with Crippen molar-refractivity contribution in [1.82, 2.24) is 4.98 Å². The summed E-state index contributed by atoms with van der Waals surface area (Å²) in [6.45, 7) is 0. The highest BCUT2D eigenvalue weighted by Gasteiger charge is 2.31. The van der Waals surface area contributed by atoms with Gasteiger partial charge in [-0.15, -0.1) is 0 Å². The molecule has 1 aromatic heterocycles. The van der Waals surface area contributed by atoms with Gasteiger partial charge < -0.3 is 5.73 Å². The Labute approximate surface area is 84.3 Å². The fourth-order valence-corrected chi connectivity index (χ4v) is 1.03. The molecule has 0 bridgehead atoms. The van der Waals surface area contributed by atoms with Crippen LogP contribution in [-0.2, 0) is 6.18 Å². The van der Waals surface area contributed by atoms with Crippen LogP contribution in [0.3, 0.4) is 0 Å². The number of rotatable bonds is 2. The van der Waals surface area contributed by atoms with E-state index >= 15 is 0 Å². The molecule has 0 spiro atoms. The molecule has 1 rings (SSSR count). The third-order valence-corrected chi connectivity index (χ3v) is 1.83. The number of nitrogens with two attached hydrogens (primary N) is 1. The second-order valence-corrected chi connectivity index (χ2v) is 2.97. The Bertz CT molecular complexity index is 381. The van der Waals surface area contributed by atoms with Crippen LogP contribution in [0.25, 0.3) is 0 Å². The van der Waals surface area contributed by atoms with Gasteiger partial charge in [0.1, 0.15) is 0 Å². The van der Waals surface area contributed by atoms with Crippen molar-refractivity contribution in [2.75, 3.05) is 0 Å². The number of nitriles is 1. The molecule has 80 valence electrons. The standard InChI is InChI=1S/C9H8F3N3/c10-9(11,12)7-3-6(4-15-5-7)8(14)1-2-13/h3-5,8H,1,14H2. The van der Waals surface area contributed by atoms with Gasteiger partial charge in [-0.05, 0) is 11.6 Å². The third-order valence-electron chi connectivity index (χ3n) is 1.83. The maximum Gasteiger partial charge on any atom is 0.417 e. The van der Waals surface area contributed by atoms with Gasteiger partial charge in [0, 0.05) is 18.4 Å². The number of hydrogen-bond acceptors (Lipinski definition) is 3. The monoisotopic (exact) mass is 215 g/mol. The number of nitrogens with zero attached hydrogens (tertiary/aromatic N) is 2. The van der Waals surface area contributed by atoms with Gasteiger partial charge in [-0.2, -0.15) is 18.4 Å². The molecule has 0 fully saturated rings. The lowest BCUT2D eigenvalue weighted by atomic mass is 10.1. The Morgan fingerprint density at radius 3 is 2.67 bits per heavy atom.